The minimum Gasteiger partial charge on any atom is -0.508 e. The number of carbonyl (C=O) groups is 4. The number of benzene rings is 4. The highest BCUT2D eigenvalue weighted by molar-refractivity contribution is 5.73. The predicted octanol–water partition coefficient (Wildman–Crippen LogP) is 1.25. The van der Waals surface area contributed by atoms with E-state index in [1.807, 2.05) is 0 Å². The maximum absolute atomic E-state index is 10.2. The Morgan fingerprint density at radius 1 is 0.340 bits per heavy atom. The predicted molar refractivity (Wildman–Crippen MR) is 172 cm³/mol. The summed E-state index contributed by atoms with van der Waals surface area (Å²) in [5.41, 5.74) is 0.843. The molecule has 0 amide bonds. The summed E-state index contributed by atoms with van der Waals surface area (Å²) in [5.74, 6) is -4.85. The number of rotatable bonds is 8. The van der Waals surface area contributed by atoms with E-state index in [0.717, 1.165) is 0 Å². The van der Waals surface area contributed by atoms with Gasteiger partial charge in [-0.1, -0.05) is 0 Å². The molecule has 4 rings (SSSR count). The summed E-state index contributed by atoms with van der Waals surface area (Å²) in [6, 6.07) is 15.1. The largest absolute Gasteiger partial charge is 0.508 e. The molecule has 0 atom stereocenters. The Kier molecular flexibility index (Phi) is 19.7. The van der Waals surface area contributed by atoms with E-state index in [-0.39, 0.29) is 105 Å². The van der Waals surface area contributed by atoms with Gasteiger partial charge in [0.15, 0.2) is 0 Å². The molecular weight excluding hydrogens is 672 g/mol. The number of hydrogen-bond donors (Lipinski definition) is 12. The van der Waals surface area contributed by atoms with Crippen LogP contribution in [0.4, 0.5) is 0 Å². The summed E-state index contributed by atoms with van der Waals surface area (Å²) < 4.78 is 0. The number of phenols is 8. The molecule has 18 heteroatoms. The van der Waals surface area contributed by atoms with Gasteiger partial charge in [-0.25, -0.2) is 0 Å². The lowest BCUT2D eigenvalue weighted by Gasteiger charge is -2.01. The van der Waals surface area contributed by atoms with Crippen molar-refractivity contribution in [2.24, 2.45) is 0 Å². The molecule has 16 N–H and O–H groups in total. The molecule has 0 aromatic heterocycles. The Labute approximate surface area is 282 Å². The van der Waals surface area contributed by atoms with Gasteiger partial charge in [0, 0.05) is 22.3 Å². The summed E-state index contributed by atoms with van der Waals surface area (Å²) in [6.07, 6.45) is -1.17. The summed E-state index contributed by atoms with van der Waals surface area (Å²) in [5, 5.41) is 106. The fourth-order valence-corrected chi connectivity index (χ4v) is 3.51. The van der Waals surface area contributed by atoms with Crippen LogP contribution < -0.4 is 0 Å². The van der Waals surface area contributed by atoms with Gasteiger partial charge in [0.25, 0.3) is 0 Å². The lowest BCUT2D eigenvalue weighted by molar-refractivity contribution is -0.137. The first-order valence-electron chi connectivity index (χ1n) is 13.3. The molecular formula is C32H36O18. The van der Waals surface area contributed by atoms with Crippen LogP contribution in [-0.4, -0.2) is 96.1 Å². The second-order valence-corrected chi connectivity index (χ2v) is 9.53. The third-order valence-electron chi connectivity index (χ3n) is 5.62. The zero-order valence-corrected chi connectivity index (χ0v) is 25.8. The van der Waals surface area contributed by atoms with E-state index in [0.29, 0.717) is 0 Å². The lowest BCUT2D eigenvalue weighted by Crippen LogP contribution is -1.99. The van der Waals surface area contributed by atoms with Gasteiger partial charge in [0.2, 0.25) is 0 Å². The van der Waals surface area contributed by atoms with Crippen molar-refractivity contribution in [1.82, 2.24) is 0 Å². The molecule has 0 fully saturated rings. The molecule has 18 nitrogen and oxygen atoms in total. The van der Waals surface area contributed by atoms with Crippen LogP contribution in [0, 0.1) is 0 Å². The van der Waals surface area contributed by atoms with Gasteiger partial charge in [-0.15, -0.1) is 0 Å². The fourth-order valence-electron chi connectivity index (χ4n) is 3.51. The number of carboxylic acids is 4. The van der Waals surface area contributed by atoms with Crippen molar-refractivity contribution in [1.29, 1.82) is 0 Å². The van der Waals surface area contributed by atoms with Crippen LogP contribution in [0.3, 0.4) is 0 Å². The van der Waals surface area contributed by atoms with Crippen LogP contribution in [0.2, 0.25) is 0 Å². The Balaban J connectivity index is 0. The summed E-state index contributed by atoms with van der Waals surface area (Å²) in [6.45, 7) is 0. The van der Waals surface area contributed by atoms with Crippen molar-refractivity contribution in [3.05, 3.63) is 95.1 Å². The highest BCUT2D eigenvalue weighted by atomic mass is 16.4. The molecule has 0 aliphatic heterocycles. The molecule has 0 heterocycles. The van der Waals surface area contributed by atoms with Crippen LogP contribution in [0.1, 0.15) is 22.3 Å². The Morgan fingerprint density at radius 2 is 0.500 bits per heavy atom. The molecule has 0 bridgehead atoms. The van der Waals surface area contributed by atoms with Crippen molar-refractivity contribution in [3.8, 4) is 46.0 Å². The molecule has 0 radical (unpaired) electrons. The second-order valence-electron chi connectivity index (χ2n) is 9.53. The van der Waals surface area contributed by atoms with E-state index >= 15 is 0 Å². The first-order valence-corrected chi connectivity index (χ1v) is 13.3. The van der Waals surface area contributed by atoms with Crippen LogP contribution in [0.25, 0.3) is 0 Å². The lowest BCUT2D eigenvalue weighted by atomic mass is 10.1. The van der Waals surface area contributed by atoms with Gasteiger partial charge in [-0.3, -0.25) is 19.2 Å². The maximum atomic E-state index is 10.2. The standard InChI is InChI=1S/4C8H8O4.2H2O/c4*9-6-1-2-7(10)5(3-6)4-8(11)12;;/h4*1-3,9-10H,4H2,(H,11,12);2*1H2. The van der Waals surface area contributed by atoms with Gasteiger partial charge in [0.05, 0.1) is 25.7 Å². The van der Waals surface area contributed by atoms with Gasteiger partial charge in [0.1, 0.15) is 46.0 Å². The Morgan fingerprint density at radius 3 is 0.640 bits per heavy atom. The molecule has 272 valence electrons. The van der Waals surface area contributed by atoms with Gasteiger partial charge >= 0.3 is 23.9 Å². The molecule has 0 saturated heterocycles. The minimum absolute atomic E-state index is 0. The molecule has 4 aromatic carbocycles. The molecule has 0 aliphatic rings. The van der Waals surface area contributed by atoms with Gasteiger partial charge < -0.3 is 72.2 Å². The van der Waals surface area contributed by atoms with Crippen molar-refractivity contribution < 1.29 is 91.4 Å². The number of hydrogen-bond acceptors (Lipinski definition) is 12. The normalized spacial score (nSPS) is 9.28. The second kappa shape index (κ2) is 21.8. The molecule has 0 saturated carbocycles. The van der Waals surface area contributed by atoms with E-state index in [4.69, 9.17) is 61.3 Å². The summed E-state index contributed by atoms with van der Waals surface area (Å²) in [4.78, 5) is 41.0. The molecule has 4 aromatic rings. The average molecular weight is 709 g/mol. The van der Waals surface area contributed by atoms with Crippen LogP contribution in [-0.2, 0) is 44.9 Å². The first kappa shape index (κ1) is 45.2. The molecule has 0 aliphatic carbocycles. The topological polar surface area (TPSA) is 374 Å². The third-order valence-corrected chi connectivity index (χ3v) is 5.62. The van der Waals surface area contributed by atoms with E-state index < -0.39 is 23.9 Å². The van der Waals surface area contributed by atoms with E-state index in [9.17, 15) is 19.2 Å². The average Bonchev–Trinajstić information content (AvgIpc) is 2.97. The Hall–Kier alpha value is -6.92. The molecule has 0 unspecified atom stereocenters. The zero-order chi connectivity index (χ0) is 36.6. The van der Waals surface area contributed by atoms with Crippen molar-refractivity contribution >= 4 is 23.9 Å². The first-order chi connectivity index (χ1) is 22.4. The van der Waals surface area contributed by atoms with Crippen molar-refractivity contribution in [2.45, 2.75) is 25.7 Å². The highest BCUT2D eigenvalue weighted by Gasteiger charge is 2.09. The van der Waals surface area contributed by atoms with Crippen LogP contribution in [0.15, 0.2) is 72.8 Å². The fraction of sp³-hybridized carbons (Fsp3) is 0.125. The number of aromatic hydroxyl groups is 8. The quantitative estimate of drug-likeness (QED) is 0.115. The van der Waals surface area contributed by atoms with Crippen LogP contribution in [0.5, 0.6) is 46.0 Å². The van der Waals surface area contributed by atoms with Gasteiger partial charge in [-0.05, 0) is 72.8 Å². The number of carboxylic acid groups (broad SMARTS) is 4. The number of aliphatic carboxylic acids is 4. The van der Waals surface area contributed by atoms with E-state index in [2.05, 4.69) is 0 Å². The SMILES string of the molecule is O.O.O=C(O)Cc1cc(O)ccc1O.O=C(O)Cc1cc(O)ccc1O.O=C(O)Cc1cc(O)ccc1O.O=C(O)Cc1cc(O)ccc1O. The summed E-state index contributed by atoms with van der Waals surface area (Å²) >= 11 is 0. The smallest absolute Gasteiger partial charge is 0.307 e. The molecule has 0 spiro atoms. The molecule has 50 heavy (non-hydrogen) atoms. The van der Waals surface area contributed by atoms with Crippen molar-refractivity contribution in [2.75, 3.05) is 0 Å². The monoisotopic (exact) mass is 708 g/mol. The Bertz CT molecular complexity index is 1480. The van der Waals surface area contributed by atoms with Crippen LogP contribution >= 0.6 is 0 Å². The van der Waals surface area contributed by atoms with E-state index in [1.54, 1.807) is 0 Å². The van der Waals surface area contributed by atoms with Crippen molar-refractivity contribution in [3.63, 3.8) is 0 Å². The highest BCUT2D eigenvalue weighted by Crippen LogP contribution is 2.24. The summed E-state index contributed by atoms with van der Waals surface area (Å²) in [7, 11) is 0. The van der Waals surface area contributed by atoms with E-state index in [1.165, 1.54) is 72.8 Å². The zero-order valence-electron chi connectivity index (χ0n) is 25.8. The minimum atomic E-state index is -1.05. The van der Waals surface area contributed by atoms with Gasteiger partial charge in [-0.2, -0.15) is 0 Å². The third kappa shape index (κ3) is 17.7. The number of phenolic OH excluding ortho intramolecular Hbond substituents is 8. The maximum Gasteiger partial charge on any atom is 0.307 e.